The van der Waals surface area contributed by atoms with Crippen LogP contribution in [0.4, 0.5) is 4.39 Å². The van der Waals surface area contributed by atoms with Crippen molar-refractivity contribution < 1.29 is 17.4 Å². The molecule has 0 bridgehead atoms. The average Bonchev–Trinajstić information content (AvgIpc) is 2.61. The molecule has 18 heavy (non-hydrogen) atoms. The summed E-state index contributed by atoms with van der Waals surface area (Å²) in [6.07, 6.45) is 4.16. The second kappa shape index (κ2) is 4.69. The molecule has 1 aliphatic carbocycles. The van der Waals surface area contributed by atoms with Gasteiger partial charge in [0.15, 0.2) is 0 Å². The van der Waals surface area contributed by atoms with Crippen molar-refractivity contribution in [2.45, 2.75) is 24.6 Å². The van der Waals surface area contributed by atoms with Crippen LogP contribution < -0.4 is 4.72 Å². The molecular formula is C12H12FNO3S. The normalized spacial score (nSPS) is 24.3. The quantitative estimate of drug-likeness (QED) is 0.637. The fourth-order valence-corrected chi connectivity index (χ4v) is 2.87. The van der Waals surface area contributed by atoms with Crippen LogP contribution in [0.15, 0.2) is 24.3 Å². The first-order valence-electron chi connectivity index (χ1n) is 5.35. The molecule has 1 unspecified atom stereocenters. The Labute approximate surface area is 105 Å². The summed E-state index contributed by atoms with van der Waals surface area (Å²) in [5.74, 6) is 1.41. The SMILES string of the molecule is C#CC(NS(=O)(=O)O)[C@@H]1c2ccccc2C[C@@H]1F. The van der Waals surface area contributed by atoms with Gasteiger partial charge in [0.2, 0.25) is 0 Å². The number of halogens is 1. The molecule has 1 aliphatic rings. The van der Waals surface area contributed by atoms with Gasteiger partial charge in [0, 0.05) is 12.3 Å². The number of benzene rings is 1. The molecule has 0 amide bonds. The minimum absolute atomic E-state index is 0.201. The fraction of sp³-hybridized carbons (Fsp3) is 0.333. The summed E-state index contributed by atoms with van der Waals surface area (Å²) in [7, 11) is -4.46. The van der Waals surface area contributed by atoms with Crippen molar-refractivity contribution >= 4 is 10.3 Å². The summed E-state index contributed by atoms with van der Waals surface area (Å²) >= 11 is 0. The van der Waals surface area contributed by atoms with E-state index in [9.17, 15) is 12.8 Å². The molecule has 0 aromatic heterocycles. The van der Waals surface area contributed by atoms with Gasteiger partial charge in [0.25, 0.3) is 0 Å². The molecule has 96 valence electrons. The number of fused-ring (bicyclic) bond motifs is 1. The molecule has 2 rings (SSSR count). The van der Waals surface area contributed by atoms with Crippen molar-refractivity contribution in [2.24, 2.45) is 0 Å². The highest BCUT2D eigenvalue weighted by Gasteiger charge is 2.38. The molecule has 1 aromatic rings. The molecule has 0 saturated heterocycles. The Morgan fingerprint density at radius 3 is 2.78 bits per heavy atom. The molecule has 0 aliphatic heterocycles. The van der Waals surface area contributed by atoms with E-state index in [0.29, 0.717) is 5.56 Å². The van der Waals surface area contributed by atoms with Gasteiger partial charge < -0.3 is 0 Å². The van der Waals surface area contributed by atoms with Crippen LogP contribution in [0.3, 0.4) is 0 Å². The van der Waals surface area contributed by atoms with Gasteiger partial charge in [0.1, 0.15) is 6.17 Å². The first kappa shape index (κ1) is 13.0. The fourth-order valence-electron chi connectivity index (χ4n) is 2.34. The van der Waals surface area contributed by atoms with E-state index in [0.717, 1.165) is 5.56 Å². The highest BCUT2D eigenvalue weighted by atomic mass is 32.2. The van der Waals surface area contributed by atoms with Crippen molar-refractivity contribution in [3.05, 3.63) is 35.4 Å². The molecule has 0 saturated carbocycles. The van der Waals surface area contributed by atoms with E-state index in [-0.39, 0.29) is 6.42 Å². The van der Waals surface area contributed by atoms with Gasteiger partial charge in [-0.2, -0.15) is 13.1 Å². The summed E-state index contributed by atoms with van der Waals surface area (Å²) in [5.41, 5.74) is 1.50. The van der Waals surface area contributed by atoms with Crippen LogP contribution >= 0.6 is 0 Å². The van der Waals surface area contributed by atoms with Crippen LogP contribution in [0.5, 0.6) is 0 Å². The molecule has 6 heteroatoms. The maximum absolute atomic E-state index is 14.0. The summed E-state index contributed by atoms with van der Waals surface area (Å²) < 4.78 is 46.2. The molecule has 3 atom stereocenters. The zero-order valence-electron chi connectivity index (χ0n) is 9.38. The number of hydrogen-bond donors (Lipinski definition) is 2. The van der Waals surface area contributed by atoms with Crippen molar-refractivity contribution in [3.63, 3.8) is 0 Å². The van der Waals surface area contributed by atoms with Crippen LogP contribution in [0.25, 0.3) is 0 Å². The summed E-state index contributed by atoms with van der Waals surface area (Å²) in [6, 6.07) is 5.93. The molecule has 0 fully saturated rings. The van der Waals surface area contributed by atoms with Crippen molar-refractivity contribution in [1.82, 2.24) is 4.72 Å². The van der Waals surface area contributed by atoms with Gasteiger partial charge in [-0.1, -0.05) is 30.2 Å². The standard InChI is InChI=1S/C12H12FNO3S/c1-2-11(14-18(15,16)17)12-9-6-4-3-5-8(9)7-10(12)13/h1,3-6,10-12,14H,7H2,(H,15,16,17)/t10-,11?,12+/m0/s1. The van der Waals surface area contributed by atoms with E-state index >= 15 is 0 Å². The molecule has 2 N–H and O–H groups in total. The van der Waals surface area contributed by atoms with Crippen LogP contribution in [0, 0.1) is 12.3 Å². The van der Waals surface area contributed by atoms with Crippen molar-refractivity contribution in [2.75, 3.05) is 0 Å². The Balaban J connectivity index is 2.35. The van der Waals surface area contributed by atoms with E-state index < -0.39 is 28.4 Å². The third-order valence-electron chi connectivity index (χ3n) is 3.03. The molecule has 1 aromatic carbocycles. The Hall–Kier alpha value is -1.42. The van der Waals surface area contributed by atoms with Gasteiger partial charge >= 0.3 is 10.3 Å². The predicted molar refractivity (Wildman–Crippen MR) is 65.1 cm³/mol. The number of rotatable bonds is 3. The maximum atomic E-state index is 14.0. The first-order valence-corrected chi connectivity index (χ1v) is 6.79. The summed E-state index contributed by atoms with van der Waals surface area (Å²) in [5, 5.41) is 0. The topological polar surface area (TPSA) is 66.4 Å². The van der Waals surface area contributed by atoms with Crippen LogP contribution in [-0.4, -0.2) is 25.2 Å². The van der Waals surface area contributed by atoms with Crippen molar-refractivity contribution in [1.29, 1.82) is 0 Å². The van der Waals surface area contributed by atoms with Crippen LogP contribution in [0.1, 0.15) is 17.0 Å². The average molecular weight is 269 g/mol. The zero-order chi connectivity index (χ0) is 13.3. The lowest BCUT2D eigenvalue weighted by molar-refractivity contribution is 0.283. The second-order valence-corrected chi connectivity index (χ2v) is 5.37. The minimum atomic E-state index is -4.46. The largest absolute Gasteiger partial charge is 0.334 e. The summed E-state index contributed by atoms with van der Waals surface area (Å²) in [6.45, 7) is 0. The molecule has 0 radical (unpaired) electrons. The monoisotopic (exact) mass is 269 g/mol. The zero-order valence-corrected chi connectivity index (χ0v) is 10.2. The number of nitrogens with one attached hydrogen (secondary N) is 1. The van der Waals surface area contributed by atoms with Gasteiger partial charge in [0.05, 0.1) is 6.04 Å². The molecular weight excluding hydrogens is 257 g/mol. The minimum Gasteiger partial charge on any atom is -0.273 e. The van der Waals surface area contributed by atoms with E-state index in [4.69, 9.17) is 11.0 Å². The summed E-state index contributed by atoms with van der Waals surface area (Å²) in [4.78, 5) is 0. The molecule has 0 spiro atoms. The van der Waals surface area contributed by atoms with E-state index in [2.05, 4.69) is 5.92 Å². The van der Waals surface area contributed by atoms with Gasteiger partial charge in [-0.15, -0.1) is 6.42 Å². The predicted octanol–water partition coefficient (Wildman–Crippen LogP) is 1.06. The number of alkyl halides is 1. The molecule has 0 heterocycles. The van der Waals surface area contributed by atoms with Gasteiger partial charge in [-0.25, -0.2) is 4.39 Å². The Morgan fingerprint density at radius 2 is 2.17 bits per heavy atom. The second-order valence-electron chi connectivity index (χ2n) is 4.18. The van der Waals surface area contributed by atoms with E-state index in [1.165, 1.54) is 0 Å². The Kier molecular flexibility index (Phi) is 3.39. The Morgan fingerprint density at radius 1 is 1.50 bits per heavy atom. The first-order chi connectivity index (χ1) is 8.42. The van der Waals surface area contributed by atoms with E-state index in [1.807, 2.05) is 4.72 Å². The third-order valence-corrected chi connectivity index (χ3v) is 3.59. The van der Waals surface area contributed by atoms with Crippen LogP contribution in [0.2, 0.25) is 0 Å². The third kappa shape index (κ3) is 2.53. The van der Waals surface area contributed by atoms with Gasteiger partial charge in [-0.3, -0.25) is 4.55 Å². The number of terminal acetylenes is 1. The van der Waals surface area contributed by atoms with E-state index in [1.54, 1.807) is 24.3 Å². The lowest BCUT2D eigenvalue weighted by Gasteiger charge is -2.21. The smallest absolute Gasteiger partial charge is 0.273 e. The number of hydrogen-bond acceptors (Lipinski definition) is 2. The van der Waals surface area contributed by atoms with Crippen molar-refractivity contribution in [3.8, 4) is 12.3 Å². The molecule has 4 nitrogen and oxygen atoms in total. The lowest BCUT2D eigenvalue weighted by atomic mass is 9.93. The Bertz CT molecular complexity index is 594. The lowest BCUT2D eigenvalue weighted by Crippen LogP contribution is -2.39. The van der Waals surface area contributed by atoms with Crippen LogP contribution in [-0.2, 0) is 16.7 Å². The maximum Gasteiger partial charge on any atom is 0.334 e. The van der Waals surface area contributed by atoms with Gasteiger partial charge in [-0.05, 0) is 11.1 Å². The highest BCUT2D eigenvalue weighted by Crippen LogP contribution is 2.37. The highest BCUT2D eigenvalue weighted by molar-refractivity contribution is 7.83.